The second-order valence-electron chi connectivity index (χ2n) is 9.19. The Balaban J connectivity index is 1.36. The molecule has 4 rings (SSSR count). The van der Waals surface area contributed by atoms with Gasteiger partial charge in [0.15, 0.2) is 6.10 Å². The van der Waals surface area contributed by atoms with Crippen molar-refractivity contribution in [1.29, 1.82) is 0 Å². The first-order valence-corrected chi connectivity index (χ1v) is 11.6. The van der Waals surface area contributed by atoms with Crippen LogP contribution in [0.4, 0.5) is 4.79 Å². The molecule has 34 heavy (non-hydrogen) atoms. The summed E-state index contributed by atoms with van der Waals surface area (Å²) in [5, 5.41) is 14.7. The fourth-order valence-electron chi connectivity index (χ4n) is 4.73. The minimum atomic E-state index is -1.10. The summed E-state index contributed by atoms with van der Waals surface area (Å²) in [7, 11) is 0. The van der Waals surface area contributed by atoms with Crippen LogP contribution in [0.1, 0.15) is 43.7 Å². The maximum atomic E-state index is 12.7. The zero-order valence-corrected chi connectivity index (χ0v) is 19.3. The van der Waals surface area contributed by atoms with Crippen LogP contribution >= 0.6 is 0 Å². The lowest BCUT2D eigenvalue weighted by Gasteiger charge is -2.23. The van der Waals surface area contributed by atoms with E-state index in [2.05, 4.69) is 22.8 Å². The summed E-state index contributed by atoms with van der Waals surface area (Å²) in [5.41, 5.74) is 4.51. The number of hydrogen-bond donors (Lipinski definition) is 3. The Morgan fingerprint density at radius 1 is 1.06 bits per heavy atom. The number of aliphatic carboxylic acids is 1. The Morgan fingerprint density at radius 3 is 2.26 bits per heavy atom. The van der Waals surface area contributed by atoms with Crippen LogP contribution in [-0.2, 0) is 19.1 Å². The number of fused-ring (bicyclic) bond motifs is 3. The largest absolute Gasteiger partial charge is 0.480 e. The number of rotatable bonds is 8. The van der Waals surface area contributed by atoms with Crippen molar-refractivity contribution in [2.24, 2.45) is 5.92 Å². The molecule has 180 valence electrons. The lowest BCUT2D eigenvalue weighted by atomic mass is 9.98. The van der Waals surface area contributed by atoms with Gasteiger partial charge in [-0.25, -0.2) is 9.59 Å². The number of ether oxygens (including phenoxy) is 2. The molecule has 0 saturated carbocycles. The molecule has 0 unspecified atom stereocenters. The van der Waals surface area contributed by atoms with Crippen LogP contribution in [0.15, 0.2) is 48.5 Å². The van der Waals surface area contributed by atoms with Crippen LogP contribution in [0.25, 0.3) is 11.1 Å². The minimum absolute atomic E-state index is 0.0653. The van der Waals surface area contributed by atoms with E-state index in [1.165, 1.54) is 0 Å². The summed E-state index contributed by atoms with van der Waals surface area (Å²) in [6, 6.07) is 14.6. The van der Waals surface area contributed by atoms with Crippen LogP contribution in [0.2, 0.25) is 0 Å². The Morgan fingerprint density at radius 2 is 1.68 bits per heavy atom. The normalized spacial score (nSPS) is 19.9. The molecule has 8 nitrogen and oxygen atoms in total. The van der Waals surface area contributed by atoms with Crippen LogP contribution in [0.5, 0.6) is 0 Å². The van der Waals surface area contributed by atoms with E-state index in [4.69, 9.17) is 9.47 Å². The third-order valence-electron chi connectivity index (χ3n) is 6.32. The number of carbonyl (C=O) groups excluding carboxylic acids is 2. The van der Waals surface area contributed by atoms with Gasteiger partial charge in [0.25, 0.3) is 5.91 Å². The summed E-state index contributed by atoms with van der Waals surface area (Å²) in [6.07, 6.45) is -0.857. The molecule has 1 fully saturated rings. The van der Waals surface area contributed by atoms with E-state index in [9.17, 15) is 19.5 Å². The molecule has 1 aliphatic carbocycles. The quantitative estimate of drug-likeness (QED) is 0.550. The van der Waals surface area contributed by atoms with E-state index < -0.39 is 36.2 Å². The highest BCUT2D eigenvalue weighted by Gasteiger charge is 2.38. The highest BCUT2D eigenvalue weighted by molar-refractivity contribution is 5.87. The molecule has 0 aromatic heterocycles. The van der Waals surface area contributed by atoms with Gasteiger partial charge >= 0.3 is 12.1 Å². The number of carboxylic acid groups (broad SMARTS) is 1. The molecule has 1 aliphatic heterocycles. The van der Waals surface area contributed by atoms with Gasteiger partial charge in [0, 0.05) is 12.5 Å². The Kier molecular flexibility index (Phi) is 7.17. The summed E-state index contributed by atoms with van der Waals surface area (Å²) in [4.78, 5) is 36.8. The maximum absolute atomic E-state index is 12.7. The summed E-state index contributed by atoms with van der Waals surface area (Å²) in [6.45, 7) is 4.22. The molecular weight excluding hydrogens is 436 g/mol. The van der Waals surface area contributed by atoms with E-state index in [1.54, 1.807) is 0 Å². The molecule has 0 radical (unpaired) electrons. The average molecular weight is 467 g/mol. The maximum Gasteiger partial charge on any atom is 0.407 e. The number of alkyl carbamates (subject to hydrolysis) is 1. The van der Waals surface area contributed by atoms with Crippen molar-refractivity contribution in [1.82, 2.24) is 10.6 Å². The molecule has 2 aromatic carbocycles. The summed E-state index contributed by atoms with van der Waals surface area (Å²) in [5.74, 6) is -1.61. The molecule has 2 aromatic rings. The van der Waals surface area contributed by atoms with Crippen molar-refractivity contribution < 1.29 is 29.0 Å². The van der Waals surface area contributed by atoms with Gasteiger partial charge in [0.1, 0.15) is 12.6 Å². The van der Waals surface area contributed by atoms with Gasteiger partial charge in [-0.3, -0.25) is 4.79 Å². The highest BCUT2D eigenvalue weighted by Crippen LogP contribution is 2.44. The molecule has 2 aliphatic rings. The van der Waals surface area contributed by atoms with Gasteiger partial charge in [-0.05, 0) is 41.0 Å². The number of benzene rings is 2. The molecule has 3 N–H and O–H groups in total. The third-order valence-corrected chi connectivity index (χ3v) is 6.32. The van der Waals surface area contributed by atoms with Crippen LogP contribution < -0.4 is 10.6 Å². The zero-order valence-electron chi connectivity index (χ0n) is 19.3. The van der Waals surface area contributed by atoms with Crippen molar-refractivity contribution in [3.63, 3.8) is 0 Å². The lowest BCUT2D eigenvalue weighted by Crippen LogP contribution is -2.52. The monoisotopic (exact) mass is 466 g/mol. The average Bonchev–Trinajstić information content (AvgIpc) is 3.39. The first-order valence-electron chi connectivity index (χ1n) is 11.6. The molecule has 1 heterocycles. The topological polar surface area (TPSA) is 114 Å². The molecule has 3 atom stereocenters. The fraction of sp³-hybridized carbons (Fsp3) is 0.423. The van der Waals surface area contributed by atoms with Crippen LogP contribution in [0.3, 0.4) is 0 Å². The van der Waals surface area contributed by atoms with E-state index in [-0.39, 0.29) is 25.0 Å². The van der Waals surface area contributed by atoms with E-state index in [0.717, 1.165) is 22.3 Å². The Bertz CT molecular complexity index is 1020. The van der Waals surface area contributed by atoms with Crippen molar-refractivity contribution in [3.05, 3.63) is 59.7 Å². The first-order chi connectivity index (χ1) is 16.3. The summed E-state index contributed by atoms with van der Waals surface area (Å²) >= 11 is 0. The second-order valence-corrected chi connectivity index (χ2v) is 9.19. The highest BCUT2D eigenvalue weighted by atomic mass is 16.6. The van der Waals surface area contributed by atoms with Gasteiger partial charge in [0.2, 0.25) is 0 Å². The van der Waals surface area contributed by atoms with Crippen molar-refractivity contribution >= 4 is 18.0 Å². The molecule has 2 amide bonds. The zero-order chi connectivity index (χ0) is 24.2. The minimum Gasteiger partial charge on any atom is -0.480 e. The third kappa shape index (κ3) is 5.07. The number of carbonyl (C=O) groups is 3. The van der Waals surface area contributed by atoms with Crippen molar-refractivity contribution in [3.8, 4) is 11.1 Å². The number of amides is 2. The molecule has 1 saturated heterocycles. The SMILES string of the molecule is CC(C)C[C@H](NC(=O)[C@@H]1OCC[C@@H]1NC(=O)OCC1c2ccccc2-c2ccccc21)C(=O)O. The Labute approximate surface area is 198 Å². The van der Waals surface area contributed by atoms with Gasteiger partial charge < -0.3 is 25.2 Å². The van der Waals surface area contributed by atoms with Gasteiger partial charge in [-0.2, -0.15) is 0 Å². The second kappa shape index (κ2) is 10.3. The van der Waals surface area contributed by atoms with Gasteiger partial charge in [-0.1, -0.05) is 62.4 Å². The molecule has 0 spiro atoms. The molecule has 8 heteroatoms. The lowest BCUT2D eigenvalue weighted by molar-refractivity contribution is -0.144. The molecule has 0 bridgehead atoms. The standard InChI is InChI=1S/C26H30N2O6/c1-15(2)13-22(25(30)31)27-24(29)23-21(11-12-33-23)28-26(32)34-14-20-18-9-5-3-7-16(18)17-8-4-6-10-19(17)20/h3-10,15,20-23H,11-14H2,1-2H3,(H,27,29)(H,28,32)(H,30,31)/t21-,22-,23+/m0/s1. The number of nitrogens with one attached hydrogen (secondary N) is 2. The van der Waals surface area contributed by atoms with Crippen LogP contribution in [-0.4, -0.2) is 54.5 Å². The van der Waals surface area contributed by atoms with Gasteiger partial charge in [-0.15, -0.1) is 0 Å². The van der Waals surface area contributed by atoms with Gasteiger partial charge in [0.05, 0.1) is 6.04 Å². The molecular formula is C26H30N2O6. The summed E-state index contributed by atoms with van der Waals surface area (Å²) < 4.78 is 11.1. The smallest absolute Gasteiger partial charge is 0.407 e. The van der Waals surface area contributed by atoms with Crippen molar-refractivity contribution in [2.45, 2.75) is 50.8 Å². The van der Waals surface area contributed by atoms with Crippen molar-refractivity contribution in [2.75, 3.05) is 13.2 Å². The van der Waals surface area contributed by atoms with E-state index in [0.29, 0.717) is 12.8 Å². The van der Waals surface area contributed by atoms with Crippen LogP contribution in [0, 0.1) is 5.92 Å². The Hall–Kier alpha value is -3.39. The predicted molar refractivity (Wildman–Crippen MR) is 125 cm³/mol. The fourth-order valence-corrected chi connectivity index (χ4v) is 4.73. The number of carboxylic acids is 1. The first kappa shape index (κ1) is 23.8. The number of hydrogen-bond acceptors (Lipinski definition) is 5. The van der Waals surface area contributed by atoms with E-state index >= 15 is 0 Å². The predicted octanol–water partition coefficient (Wildman–Crippen LogP) is 3.30. The van der Waals surface area contributed by atoms with E-state index in [1.807, 2.05) is 50.2 Å².